The van der Waals surface area contributed by atoms with Gasteiger partial charge in [0.1, 0.15) is 11.4 Å². The van der Waals surface area contributed by atoms with Crippen molar-refractivity contribution in [3.05, 3.63) is 23.9 Å². The number of carboxylic acid groups (broad SMARTS) is 1. The highest BCUT2D eigenvalue weighted by atomic mass is 16.4. The molecule has 2 rings (SSSR count). The molecule has 0 aliphatic carbocycles. The largest absolute Gasteiger partial charge is 0.478 e. The minimum absolute atomic E-state index is 0.201. The van der Waals surface area contributed by atoms with E-state index in [9.17, 15) is 9.59 Å². The summed E-state index contributed by atoms with van der Waals surface area (Å²) in [6, 6.07) is 3.14. The number of carboxylic acids is 1. The van der Waals surface area contributed by atoms with E-state index in [0.717, 1.165) is 6.41 Å². The molecule has 1 aliphatic rings. The summed E-state index contributed by atoms with van der Waals surface area (Å²) in [6.45, 7) is 2.41. The first-order valence-electron chi connectivity index (χ1n) is 5.35. The van der Waals surface area contributed by atoms with E-state index in [4.69, 9.17) is 5.11 Å². The van der Waals surface area contributed by atoms with E-state index >= 15 is 0 Å². The molecule has 0 radical (unpaired) electrons. The van der Waals surface area contributed by atoms with Gasteiger partial charge in [-0.25, -0.2) is 9.78 Å². The Hall–Kier alpha value is -2.11. The van der Waals surface area contributed by atoms with E-state index < -0.39 is 5.97 Å². The molecule has 0 unspecified atom stereocenters. The summed E-state index contributed by atoms with van der Waals surface area (Å²) in [6.07, 6.45) is 2.39. The van der Waals surface area contributed by atoms with Crippen molar-refractivity contribution in [3.63, 3.8) is 0 Å². The molecule has 6 heteroatoms. The second-order valence-corrected chi connectivity index (χ2v) is 3.81. The van der Waals surface area contributed by atoms with Crippen LogP contribution in [0.15, 0.2) is 18.3 Å². The molecule has 0 spiro atoms. The summed E-state index contributed by atoms with van der Waals surface area (Å²) in [7, 11) is 0. The van der Waals surface area contributed by atoms with Crippen LogP contribution in [0.1, 0.15) is 10.4 Å². The zero-order chi connectivity index (χ0) is 12.3. The molecule has 0 atom stereocenters. The Morgan fingerprint density at radius 2 is 2.06 bits per heavy atom. The van der Waals surface area contributed by atoms with Crippen molar-refractivity contribution in [2.45, 2.75) is 0 Å². The first kappa shape index (κ1) is 11.4. The Morgan fingerprint density at radius 1 is 1.35 bits per heavy atom. The predicted molar refractivity (Wildman–Crippen MR) is 61.0 cm³/mol. The lowest BCUT2D eigenvalue weighted by Gasteiger charge is -2.33. The van der Waals surface area contributed by atoms with Crippen LogP contribution in [0.4, 0.5) is 5.82 Å². The third-order valence-electron chi connectivity index (χ3n) is 2.78. The number of hydrogen-bond acceptors (Lipinski definition) is 4. The number of carbonyl (C=O) groups is 2. The number of aromatic nitrogens is 1. The zero-order valence-corrected chi connectivity index (χ0v) is 9.24. The van der Waals surface area contributed by atoms with Crippen molar-refractivity contribution >= 4 is 18.2 Å². The molecular weight excluding hydrogens is 222 g/mol. The number of amides is 1. The summed E-state index contributed by atoms with van der Waals surface area (Å²) in [5, 5.41) is 9.06. The average Bonchev–Trinajstić information content (AvgIpc) is 2.39. The molecule has 0 aromatic carbocycles. The highest BCUT2D eigenvalue weighted by molar-refractivity contribution is 5.93. The summed E-state index contributed by atoms with van der Waals surface area (Å²) in [4.78, 5) is 29.3. The lowest BCUT2D eigenvalue weighted by Crippen LogP contribution is -2.46. The lowest BCUT2D eigenvalue weighted by molar-refractivity contribution is -0.118. The Balaban J connectivity index is 2.18. The van der Waals surface area contributed by atoms with Gasteiger partial charge < -0.3 is 14.9 Å². The van der Waals surface area contributed by atoms with Crippen LogP contribution in [0.25, 0.3) is 0 Å². The van der Waals surface area contributed by atoms with E-state index in [1.54, 1.807) is 17.2 Å². The van der Waals surface area contributed by atoms with Crippen LogP contribution in [0.2, 0.25) is 0 Å². The third kappa shape index (κ3) is 2.35. The van der Waals surface area contributed by atoms with Crippen LogP contribution in [-0.4, -0.2) is 53.5 Å². The maximum absolute atomic E-state index is 11.1. The molecule has 90 valence electrons. The Bertz CT molecular complexity index is 428. The van der Waals surface area contributed by atoms with Gasteiger partial charge >= 0.3 is 5.97 Å². The van der Waals surface area contributed by atoms with Gasteiger partial charge in [0.05, 0.1) is 0 Å². The second kappa shape index (κ2) is 4.82. The average molecular weight is 235 g/mol. The fraction of sp³-hybridized carbons (Fsp3) is 0.364. The van der Waals surface area contributed by atoms with Gasteiger partial charge in [0.2, 0.25) is 6.41 Å². The summed E-state index contributed by atoms with van der Waals surface area (Å²) in [5.41, 5.74) is 0.201. The maximum atomic E-state index is 11.1. The van der Waals surface area contributed by atoms with Crippen molar-refractivity contribution in [2.24, 2.45) is 0 Å². The number of pyridine rings is 1. The molecule has 0 saturated carbocycles. The van der Waals surface area contributed by atoms with Gasteiger partial charge in [-0.1, -0.05) is 0 Å². The number of piperazine rings is 1. The van der Waals surface area contributed by atoms with Crippen LogP contribution in [0, 0.1) is 0 Å². The SMILES string of the molecule is O=CN1CCN(c2ncccc2C(=O)O)CC1. The third-order valence-corrected chi connectivity index (χ3v) is 2.78. The van der Waals surface area contributed by atoms with Crippen molar-refractivity contribution < 1.29 is 14.7 Å². The number of carbonyl (C=O) groups excluding carboxylic acids is 1. The van der Waals surface area contributed by atoms with E-state index in [0.29, 0.717) is 32.0 Å². The van der Waals surface area contributed by atoms with Gasteiger partial charge in [-0.2, -0.15) is 0 Å². The second-order valence-electron chi connectivity index (χ2n) is 3.81. The summed E-state index contributed by atoms with van der Waals surface area (Å²) < 4.78 is 0. The summed E-state index contributed by atoms with van der Waals surface area (Å²) >= 11 is 0. The van der Waals surface area contributed by atoms with Gasteiger partial charge in [-0.3, -0.25) is 4.79 Å². The molecule has 0 bridgehead atoms. The molecule has 1 aromatic rings. The normalized spacial score (nSPS) is 15.8. The fourth-order valence-corrected chi connectivity index (χ4v) is 1.86. The monoisotopic (exact) mass is 235 g/mol. The fourth-order valence-electron chi connectivity index (χ4n) is 1.86. The van der Waals surface area contributed by atoms with Gasteiger partial charge in [0.15, 0.2) is 0 Å². The van der Waals surface area contributed by atoms with Crippen molar-refractivity contribution in [1.29, 1.82) is 0 Å². The van der Waals surface area contributed by atoms with Crippen LogP contribution in [0.5, 0.6) is 0 Å². The number of anilines is 1. The molecule has 1 N–H and O–H groups in total. The first-order chi connectivity index (χ1) is 8.22. The number of aromatic carboxylic acids is 1. The number of nitrogens with zero attached hydrogens (tertiary/aromatic N) is 3. The Kier molecular flexibility index (Phi) is 3.22. The molecule has 6 nitrogen and oxygen atoms in total. The Labute approximate surface area is 98.5 Å². The van der Waals surface area contributed by atoms with E-state index in [-0.39, 0.29) is 5.56 Å². The lowest BCUT2D eigenvalue weighted by atomic mass is 10.2. The van der Waals surface area contributed by atoms with Crippen molar-refractivity contribution in [3.8, 4) is 0 Å². The van der Waals surface area contributed by atoms with Crippen molar-refractivity contribution in [1.82, 2.24) is 9.88 Å². The van der Waals surface area contributed by atoms with Crippen LogP contribution >= 0.6 is 0 Å². The van der Waals surface area contributed by atoms with Crippen molar-refractivity contribution in [2.75, 3.05) is 31.1 Å². The summed E-state index contributed by atoms with van der Waals surface area (Å²) in [5.74, 6) is -0.503. The Morgan fingerprint density at radius 3 is 2.65 bits per heavy atom. The van der Waals surface area contributed by atoms with E-state index in [2.05, 4.69) is 4.98 Å². The zero-order valence-electron chi connectivity index (χ0n) is 9.24. The van der Waals surface area contributed by atoms with Crippen LogP contribution < -0.4 is 4.90 Å². The first-order valence-corrected chi connectivity index (χ1v) is 5.35. The standard InChI is InChI=1S/C11H13N3O3/c15-8-13-4-6-14(7-5-13)10-9(11(16)17)2-1-3-12-10/h1-3,8H,4-7H2,(H,16,17). The van der Waals surface area contributed by atoms with Gasteiger partial charge in [-0.05, 0) is 12.1 Å². The molecule has 1 fully saturated rings. The molecular formula is C11H13N3O3. The molecule has 2 heterocycles. The molecule has 17 heavy (non-hydrogen) atoms. The molecule has 1 amide bonds. The number of hydrogen-bond donors (Lipinski definition) is 1. The topological polar surface area (TPSA) is 73.7 Å². The maximum Gasteiger partial charge on any atom is 0.339 e. The van der Waals surface area contributed by atoms with Crippen LogP contribution in [-0.2, 0) is 4.79 Å². The highest BCUT2D eigenvalue weighted by Crippen LogP contribution is 2.18. The minimum atomic E-state index is -0.981. The van der Waals surface area contributed by atoms with E-state index in [1.807, 2.05) is 4.90 Å². The van der Waals surface area contributed by atoms with Crippen LogP contribution in [0.3, 0.4) is 0 Å². The van der Waals surface area contributed by atoms with Gasteiger partial charge in [0.25, 0.3) is 0 Å². The molecule has 1 saturated heterocycles. The van der Waals surface area contributed by atoms with Gasteiger partial charge in [-0.15, -0.1) is 0 Å². The van der Waals surface area contributed by atoms with E-state index in [1.165, 1.54) is 6.07 Å². The quantitative estimate of drug-likeness (QED) is 0.750. The highest BCUT2D eigenvalue weighted by Gasteiger charge is 2.21. The predicted octanol–water partition coefficient (Wildman–Crippen LogP) is 0.0582. The molecule has 1 aromatic heterocycles. The number of rotatable bonds is 3. The van der Waals surface area contributed by atoms with Gasteiger partial charge in [0, 0.05) is 32.4 Å². The molecule has 1 aliphatic heterocycles. The minimum Gasteiger partial charge on any atom is -0.478 e. The smallest absolute Gasteiger partial charge is 0.339 e.